The Morgan fingerprint density at radius 2 is 2.20 bits per heavy atom. The van der Waals surface area contributed by atoms with Crippen LogP contribution in [0.5, 0.6) is 0 Å². The molecule has 0 aliphatic rings. The number of aryl methyl sites for hydroxylation is 1. The first kappa shape index (κ1) is 10.2. The van der Waals surface area contributed by atoms with Crippen molar-refractivity contribution in [2.75, 3.05) is 0 Å². The van der Waals surface area contributed by atoms with E-state index in [1.807, 2.05) is 0 Å². The van der Waals surface area contributed by atoms with Gasteiger partial charge in [-0.2, -0.15) is 0 Å². The number of hydrogen-bond acceptors (Lipinski definition) is 2. The van der Waals surface area contributed by atoms with E-state index in [-0.39, 0.29) is 0 Å². The van der Waals surface area contributed by atoms with Crippen LogP contribution in [0.4, 0.5) is 0 Å². The normalized spacial score (nSPS) is 11.5. The summed E-state index contributed by atoms with van der Waals surface area (Å²) in [6.07, 6.45) is 0. The number of aromatic amines is 1. The van der Waals surface area contributed by atoms with Crippen LogP contribution in [0.15, 0.2) is 18.2 Å². The van der Waals surface area contributed by atoms with Gasteiger partial charge in [0.1, 0.15) is 5.82 Å². The number of aromatic nitrogens is 2. The van der Waals surface area contributed by atoms with Gasteiger partial charge in [0.15, 0.2) is 0 Å². The number of fused-ring (bicyclic) bond motifs is 1. The predicted octanol–water partition coefficient (Wildman–Crippen LogP) is 2.37. The van der Waals surface area contributed by atoms with Crippen LogP contribution in [0.25, 0.3) is 11.0 Å². The Hall–Kier alpha value is -1.35. The summed E-state index contributed by atoms with van der Waals surface area (Å²) in [5, 5.41) is 3.34. The van der Waals surface area contributed by atoms with E-state index < -0.39 is 0 Å². The first-order chi connectivity index (χ1) is 7.15. The average Bonchev–Trinajstić information content (AvgIpc) is 2.56. The van der Waals surface area contributed by atoms with Crippen molar-refractivity contribution in [2.45, 2.75) is 33.4 Å². The molecule has 0 saturated heterocycles. The summed E-state index contributed by atoms with van der Waals surface area (Å²) in [7, 11) is 0. The Bertz CT molecular complexity index is 457. The number of nitrogens with zero attached hydrogens (tertiary/aromatic N) is 1. The zero-order valence-corrected chi connectivity index (χ0v) is 9.46. The number of rotatable bonds is 3. The van der Waals surface area contributed by atoms with Crippen molar-refractivity contribution in [3.63, 3.8) is 0 Å². The second-order valence-corrected chi connectivity index (χ2v) is 4.24. The molecule has 0 unspecified atom stereocenters. The van der Waals surface area contributed by atoms with Gasteiger partial charge >= 0.3 is 0 Å². The van der Waals surface area contributed by atoms with Crippen LogP contribution in [0.3, 0.4) is 0 Å². The SMILES string of the molecule is Cc1ccc2nc(CNC(C)C)[nH]c2c1. The third-order valence-electron chi connectivity index (χ3n) is 2.36. The fourth-order valence-corrected chi connectivity index (χ4v) is 1.56. The fraction of sp³-hybridized carbons (Fsp3) is 0.417. The third-order valence-corrected chi connectivity index (χ3v) is 2.36. The van der Waals surface area contributed by atoms with Gasteiger partial charge < -0.3 is 10.3 Å². The topological polar surface area (TPSA) is 40.7 Å². The third kappa shape index (κ3) is 2.36. The van der Waals surface area contributed by atoms with Gasteiger partial charge in [-0.25, -0.2) is 4.98 Å². The molecule has 0 saturated carbocycles. The van der Waals surface area contributed by atoms with Gasteiger partial charge in [-0.1, -0.05) is 19.9 Å². The lowest BCUT2D eigenvalue weighted by molar-refractivity contribution is 0.576. The lowest BCUT2D eigenvalue weighted by atomic mass is 10.2. The molecule has 0 amide bonds. The van der Waals surface area contributed by atoms with Crippen LogP contribution in [0.1, 0.15) is 25.2 Å². The van der Waals surface area contributed by atoms with E-state index >= 15 is 0 Å². The first-order valence-corrected chi connectivity index (χ1v) is 5.34. The highest BCUT2D eigenvalue weighted by Gasteiger charge is 2.02. The lowest BCUT2D eigenvalue weighted by Gasteiger charge is -2.04. The van der Waals surface area contributed by atoms with E-state index in [4.69, 9.17) is 0 Å². The quantitative estimate of drug-likeness (QED) is 0.804. The lowest BCUT2D eigenvalue weighted by Crippen LogP contribution is -2.22. The Balaban J connectivity index is 2.23. The largest absolute Gasteiger partial charge is 0.341 e. The zero-order valence-electron chi connectivity index (χ0n) is 9.46. The van der Waals surface area contributed by atoms with Gasteiger partial charge in [0.2, 0.25) is 0 Å². The molecule has 3 heteroatoms. The van der Waals surface area contributed by atoms with Gasteiger partial charge in [-0.15, -0.1) is 0 Å². The molecule has 80 valence electrons. The molecule has 0 atom stereocenters. The van der Waals surface area contributed by atoms with E-state index in [1.54, 1.807) is 0 Å². The maximum atomic E-state index is 4.51. The van der Waals surface area contributed by atoms with Crippen LogP contribution >= 0.6 is 0 Å². The summed E-state index contributed by atoms with van der Waals surface area (Å²) >= 11 is 0. The second-order valence-electron chi connectivity index (χ2n) is 4.24. The standard InChI is InChI=1S/C12H17N3/c1-8(2)13-7-12-14-10-5-4-9(3)6-11(10)15-12/h4-6,8,13H,7H2,1-3H3,(H,14,15). The van der Waals surface area contributed by atoms with Crippen molar-refractivity contribution in [1.29, 1.82) is 0 Å². The Labute approximate surface area is 89.9 Å². The molecule has 2 N–H and O–H groups in total. The van der Waals surface area contributed by atoms with Crippen LogP contribution in [-0.2, 0) is 6.54 Å². The van der Waals surface area contributed by atoms with Crippen molar-refractivity contribution in [1.82, 2.24) is 15.3 Å². The molecule has 0 radical (unpaired) electrons. The maximum Gasteiger partial charge on any atom is 0.121 e. The molecule has 2 rings (SSSR count). The molecular formula is C12H17N3. The Kier molecular flexibility index (Phi) is 2.73. The molecule has 1 heterocycles. The van der Waals surface area contributed by atoms with Gasteiger partial charge in [0, 0.05) is 6.04 Å². The van der Waals surface area contributed by atoms with Crippen LogP contribution < -0.4 is 5.32 Å². The zero-order chi connectivity index (χ0) is 10.8. The van der Waals surface area contributed by atoms with E-state index in [2.05, 4.69) is 54.3 Å². The summed E-state index contributed by atoms with van der Waals surface area (Å²) in [5.74, 6) is 1.00. The highest BCUT2D eigenvalue weighted by atomic mass is 15.0. The minimum Gasteiger partial charge on any atom is -0.341 e. The first-order valence-electron chi connectivity index (χ1n) is 5.34. The Morgan fingerprint density at radius 1 is 1.40 bits per heavy atom. The van der Waals surface area contributed by atoms with E-state index in [1.165, 1.54) is 5.56 Å². The van der Waals surface area contributed by atoms with Crippen molar-refractivity contribution in [3.05, 3.63) is 29.6 Å². The molecule has 1 aromatic heterocycles. The number of H-pyrrole nitrogens is 1. The second kappa shape index (κ2) is 4.03. The number of nitrogens with one attached hydrogen (secondary N) is 2. The summed E-state index contributed by atoms with van der Waals surface area (Å²) in [4.78, 5) is 7.83. The van der Waals surface area contributed by atoms with Gasteiger partial charge in [-0.3, -0.25) is 0 Å². The number of benzene rings is 1. The number of imidazole rings is 1. The molecule has 2 aromatic rings. The smallest absolute Gasteiger partial charge is 0.121 e. The van der Waals surface area contributed by atoms with E-state index in [0.29, 0.717) is 6.04 Å². The molecule has 0 aliphatic heterocycles. The van der Waals surface area contributed by atoms with Crippen LogP contribution in [0.2, 0.25) is 0 Å². The minimum atomic E-state index is 0.486. The van der Waals surface area contributed by atoms with E-state index in [0.717, 1.165) is 23.4 Å². The molecule has 0 bridgehead atoms. The average molecular weight is 203 g/mol. The summed E-state index contributed by atoms with van der Waals surface area (Å²) < 4.78 is 0. The molecule has 0 spiro atoms. The molecule has 3 nitrogen and oxygen atoms in total. The highest BCUT2D eigenvalue weighted by Crippen LogP contribution is 2.12. The Morgan fingerprint density at radius 3 is 2.93 bits per heavy atom. The molecule has 0 fully saturated rings. The van der Waals surface area contributed by atoms with Crippen LogP contribution in [0, 0.1) is 6.92 Å². The van der Waals surface area contributed by atoms with Gasteiger partial charge in [0.25, 0.3) is 0 Å². The summed E-state index contributed by atoms with van der Waals surface area (Å²) in [5.41, 5.74) is 3.42. The molecule has 0 aliphatic carbocycles. The van der Waals surface area contributed by atoms with Crippen molar-refractivity contribution < 1.29 is 0 Å². The molecule has 1 aromatic carbocycles. The maximum absolute atomic E-state index is 4.51. The molecule has 15 heavy (non-hydrogen) atoms. The summed E-state index contributed by atoms with van der Waals surface area (Å²) in [6.45, 7) is 7.15. The fourth-order valence-electron chi connectivity index (χ4n) is 1.56. The van der Waals surface area contributed by atoms with Crippen LogP contribution in [-0.4, -0.2) is 16.0 Å². The predicted molar refractivity (Wildman–Crippen MR) is 62.8 cm³/mol. The minimum absolute atomic E-state index is 0.486. The molecular weight excluding hydrogens is 186 g/mol. The van der Waals surface area contributed by atoms with Crippen molar-refractivity contribution in [2.24, 2.45) is 0 Å². The monoisotopic (exact) mass is 203 g/mol. The number of hydrogen-bond donors (Lipinski definition) is 2. The van der Waals surface area contributed by atoms with Crippen molar-refractivity contribution in [3.8, 4) is 0 Å². The highest BCUT2D eigenvalue weighted by molar-refractivity contribution is 5.75. The van der Waals surface area contributed by atoms with Gasteiger partial charge in [0.05, 0.1) is 17.6 Å². The summed E-state index contributed by atoms with van der Waals surface area (Å²) in [6, 6.07) is 6.75. The van der Waals surface area contributed by atoms with Crippen molar-refractivity contribution >= 4 is 11.0 Å². The van der Waals surface area contributed by atoms with Gasteiger partial charge in [-0.05, 0) is 24.6 Å². The van der Waals surface area contributed by atoms with E-state index in [9.17, 15) is 0 Å².